The SMILES string of the molecule is C=CCNS(=O)(=O)c1ccc2c(c1)CCCN2C(=O)c1ccc(F)cc1. The number of nitrogens with zero attached hydrogens (tertiary/aromatic N) is 1. The molecule has 0 atom stereocenters. The number of nitrogens with one attached hydrogen (secondary N) is 1. The Bertz CT molecular complexity index is 940. The molecule has 0 saturated carbocycles. The second kappa shape index (κ2) is 7.39. The molecule has 0 saturated heterocycles. The van der Waals surface area contributed by atoms with Gasteiger partial charge in [0, 0.05) is 24.3 Å². The number of benzene rings is 2. The fourth-order valence-electron chi connectivity index (χ4n) is 2.95. The Kier molecular flexibility index (Phi) is 5.20. The molecule has 1 N–H and O–H groups in total. The molecule has 0 spiro atoms. The summed E-state index contributed by atoms with van der Waals surface area (Å²) in [5, 5.41) is 0. The van der Waals surface area contributed by atoms with Crippen molar-refractivity contribution in [3.05, 3.63) is 72.1 Å². The van der Waals surface area contributed by atoms with Crippen LogP contribution in [0.2, 0.25) is 0 Å². The predicted molar refractivity (Wildman–Crippen MR) is 98.2 cm³/mol. The van der Waals surface area contributed by atoms with Crippen LogP contribution in [0.5, 0.6) is 0 Å². The van der Waals surface area contributed by atoms with E-state index in [1.54, 1.807) is 17.0 Å². The molecule has 1 aliphatic heterocycles. The third-order valence-corrected chi connectivity index (χ3v) is 5.66. The molecular weight excluding hydrogens is 355 g/mol. The first-order valence-electron chi connectivity index (χ1n) is 8.23. The molecule has 0 fully saturated rings. The average molecular weight is 374 g/mol. The van der Waals surface area contributed by atoms with Crippen LogP contribution in [-0.2, 0) is 16.4 Å². The van der Waals surface area contributed by atoms with Crippen LogP contribution >= 0.6 is 0 Å². The summed E-state index contributed by atoms with van der Waals surface area (Å²) >= 11 is 0. The molecule has 0 aliphatic carbocycles. The lowest BCUT2D eigenvalue weighted by Gasteiger charge is -2.30. The van der Waals surface area contributed by atoms with Crippen LogP contribution < -0.4 is 9.62 Å². The summed E-state index contributed by atoms with van der Waals surface area (Å²) in [4.78, 5) is 14.5. The number of sulfonamides is 1. The van der Waals surface area contributed by atoms with Crippen LogP contribution in [0.4, 0.5) is 10.1 Å². The van der Waals surface area contributed by atoms with Crippen molar-refractivity contribution >= 4 is 21.6 Å². The second-order valence-electron chi connectivity index (χ2n) is 6.00. The van der Waals surface area contributed by atoms with E-state index >= 15 is 0 Å². The van der Waals surface area contributed by atoms with Gasteiger partial charge in [-0.1, -0.05) is 6.08 Å². The molecule has 1 amide bonds. The van der Waals surface area contributed by atoms with Gasteiger partial charge in [0.15, 0.2) is 0 Å². The lowest BCUT2D eigenvalue weighted by atomic mass is 10.0. The molecule has 7 heteroatoms. The number of carbonyl (C=O) groups excluding carboxylic acids is 1. The lowest BCUT2D eigenvalue weighted by molar-refractivity contribution is 0.0985. The van der Waals surface area contributed by atoms with Crippen LogP contribution in [-0.4, -0.2) is 27.4 Å². The predicted octanol–water partition coefficient (Wildman–Crippen LogP) is 2.88. The Morgan fingerprint density at radius 2 is 1.96 bits per heavy atom. The maximum Gasteiger partial charge on any atom is 0.258 e. The topological polar surface area (TPSA) is 66.5 Å². The van der Waals surface area contributed by atoms with Gasteiger partial charge in [-0.3, -0.25) is 4.79 Å². The summed E-state index contributed by atoms with van der Waals surface area (Å²) in [6.07, 6.45) is 2.88. The third kappa shape index (κ3) is 3.68. The number of amides is 1. The van der Waals surface area contributed by atoms with E-state index in [1.165, 1.54) is 36.4 Å². The normalized spacial score (nSPS) is 14.0. The minimum atomic E-state index is -3.62. The van der Waals surface area contributed by atoms with Gasteiger partial charge in [-0.2, -0.15) is 0 Å². The zero-order chi connectivity index (χ0) is 18.7. The van der Waals surface area contributed by atoms with E-state index < -0.39 is 15.8 Å². The maximum absolute atomic E-state index is 13.1. The molecule has 26 heavy (non-hydrogen) atoms. The molecule has 136 valence electrons. The van der Waals surface area contributed by atoms with Crippen LogP contribution in [0, 0.1) is 5.82 Å². The first kappa shape index (κ1) is 18.3. The Morgan fingerprint density at radius 1 is 1.23 bits per heavy atom. The molecule has 0 aromatic heterocycles. The van der Waals surface area contributed by atoms with Gasteiger partial charge in [0.1, 0.15) is 5.82 Å². The molecule has 1 heterocycles. The molecule has 2 aromatic rings. The summed E-state index contributed by atoms with van der Waals surface area (Å²) in [5.74, 6) is -0.631. The van der Waals surface area contributed by atoms with Gasteiger partial charge >= 0.3 is 0 Å². The third-order valence-electron chi connectivity index (χ3n) is 4.23. The summed E-state index contributed by atoms with van der Waals surface area (Å²) in [6, 6.07) is 10.1. The van der Waals surface area contributed by atoms with Crippen molar-refractivity contribution in [3.63, 3.8) is 0 Å². The highest BCUT2D eigenvalue weighted by atomic mass is 32.2. The molecule has 5 nitrogen and oxygen atoms in total. The van der Waals surface area contributed by atoms with E-state index in [4.69, 9.17) is 0 Å². The van der Waals surface area contributed by atoms with Gasteiger partial charge in [0.25, 0.3) is 5.91 Å². The van der Waals surface area contributed by atoms with Crippen molar-refractivity contribution in [1.82, 2.24) is 4.72 Å². The molecule has 0 bridgehead atoms. The van der Waals surface area contributed by atoms with E-state index in [9.17, 15) is 17.6 Å². The van der Waals surface area contributed by atoms with Crippen LogP contribution in [0.3, 0.4) is 0 Å². The monoisotopic (exact) mass is 374 g/mol. The number of halogens is 1. The van der Waals surface area contributed by atoms with Gasteiger partial charge < -0.3 is 4.90 Å². The van der Waals surface area contributed by atoms with Crippen molar-refractivity contribution in [3.8, 4) is 0 Å². The van der Waals surface area contributed by atoms with Crippen molar-refractivity contribution in [2.45, 2.75) is 17.7 Å². The van der Waals surface area contributed by atoms with Gasteiger partial charge in [-0.05, 0) is 60.9 Å². The number of anilines is 1. The van der Waals surface area contributed by atoms with Crippen molar-refractivity contribution in [1.29, 1.82) is 0 Å². The Balaban J connectivity index is 1.92. The van der Waals surface area contributed by atoms with E-state index in [-0.39, 0.29) is 17.3 Å². The fraction of sp³-hybridized carbons (Fsp3) is 0.211. The summed E-state index contributed by atoms with van der Waals surface area (Å²) in [7, 11) is -3.62. The fourth-order valence-corrected chi connectivity index (χ4v) is 4.00. The number of hydrogen-bond donors (Lipinski definition) is 1. The molecule has 1 aliphatic rings. The lowest BCUT2D eigenvalue weighted by Crippen LogP contribution is -2.35. The molecular formula is C19H19FN2O3S. The van der Waals surface area contributed by atoms with Crippen LogP contribution in [0.1, 0.15) is 22.3 Å². The van der Waals surface area contributed by atoms with Crippen molar-refractivity contribution < 1.29 is 17.6 Å². The van der Waals surface area contributed by atoms with Gasteiger partial charge in [0.05, 0.1) is 4.90 Å². The van der Waals surface area contributed by atoms with E-state index in [0.717, 1.165) is 12.0 Å². The van der Waals surface area contributed by atoms with Crippen molar-refractivity contribution in [2.24, 2.45) is 0 Å². The summed E-state index contributed by atoms with van der Waals surface area (Å²) in [6.45, 7) is 4.18. The highest BCUT2D eigenvalue weighted by Crippen LogP contribution is 2.30. The van der Waals surface area contributed by atoms with E-state index in [1.807, 2.05) is 0 Å². The van der Waals surface area contributed by atoms with E-state index in [0.29, 0.717) is 24.2 Å². The average Bonchev–Trinajstić information content (AvgIpc) is 2.65. The Labute approximate surface area is 152 Å². The van der Waals surface area contributed by atoms with Gasteiger partial charge in [-0.15, -0.1) is 6.58 Å². The highest BCUT2D eigenvalue weighted by molar-refractivity contribution is 7.89. The van der Waals surface area contributed by atoms with Crippen LogP contribution in [0.25, 0.3) is 0 Å². The molecule has 2 aromatic carbocycles. The number of carbonyl (C=O) groups is 1. The number of hydrogen-bond acceptors (Lipinski definition) is 3. The first-order valence-corrected chi connectivity index (χ1v) is 9.71. The minimum absolute atomic E-state index is 0.147. The molecule has 3 rings (SSSR count). The minimum Gasteiger partial charge on any atom is -0.308 e. The Morgan fingerprint density at radius 3 is 2.65 bits per heavy atom. The number of rotatable bonds is 5. The van der Waals surface area contributed by atoms with Gasteiger partial charge in [0.2, 0.25) is 10.0 Å². The largest absolute Gasteiger partial charge is 0.308 e. The molecule has 0 unspecified atom stereocenters. The second-order valence-corrected chi connectivity index (χ2v) is 7.77. The first-order chi connectivity index (χ1) is 12.4. The van der Waals surface area contributed by atoms with Gasteiger partial charge in [-0.25, -0.2) is 17.5 Å². The number of aryl methyl sites for hydroxylation is 1. The standard InChI is InChI=1S/C19H19FN2O3S/c1-2-11-21-26(24,25)17-9-10-18-15(13-17)4-3-12-22(18)19(23)14-5-7-16(20)8-6-14/h2,5-10,13,21H,1,3-4,11-12H2. The van der Waals surface area contributed by atoms with Crippen LogP contribution in [0.15, 0.2) is 60.0 Å². The zero-order valence-electron chi connectivity index (χ0n) is 14.1. The van der Waals surface area contributed by atoms with E-state index in [2.05, 4.69) is 11.3 Å². The summed E-state index contributed by atoms with van der Waals surface area (Å²) < 4.78 is 40.1. The summed E-state index contributed by atoms with van der Waals surface area (Å²) in [5.41, 5.74) is 1.88. The molecule has 0 radical (unpaired) electrons. The smallest absolute Gasteiger partial charge is 0.258 e. The highest BCUT2D eigenvalue weighted by Gasteiger charge is 2.25. The number of fused-ring (bicyclic) bond motifs is 1. The zero-order valence-corrected chi connectivity index (χ0v) is 14.9. The van der Waals surface area contributed by atoms with Crippen molar-refractivity contribution in [2.75, 3.05) is 18.0 Å². The quantitative estimate of drug-likeness (QED) is 0.819. The maximum atomic E-state index is 13.1. The Hall–Kier alpha value is -2.51.